The van der Waals surface area contributed by atoms with E-state index >= 15 is 0 Å². The van der Waals surface area contributed by atoms with E-state index in [9.17, 15) is 14.4 Å². The Morgan fingerprint density at radius 2 is 0.487 bits per heavy atom. The van der Waals surface area contributed by atoms with Crippen LogP contribution < -0.4 is 0 Å². The molecule has 1 atom stereocenters. The Balaban J connectivity index is 4.30. The Kier molecular flexibility index (Phi) is 63.3. The predicted molar refractivity (Wildman–Crippen MR) is 348 cm³/mol. The van der Waals surface area contributed by atoms with Crippen LogP contribution in [0.15, 0.2) is 134 Å². The topological polar surface area (TPSA) is 78.9 Å². The van der Waals surface area contributed by atoms with Gasteiger partial charge in [-0.15, -0.1) is 0 Å². The molecule has 80 heavy (non-hydrogen) atoms. The molecule has 0 heterocycles. The fourth-order valence-electron chi connectivity index (χ4n) is 8.89. The van der Waals surface area contributed by atoms with Crippen LogP contribution in [-0.2, 0) is 28.6 Å². The zero-order chi connectivity index (χ0) is 57.8. The molecule has 0 fully saturated rings. The quantitative estimate of drug-likeness (QED) is 0.0261. The molecule has 0 radical (unpaired) electrons. The van der Waals surface area contributed by atoms with Crippen molar-refractivity contribution in [2.45, 2.75) is 303 Å². The molecule has 0 aliphatic heterocycles. The maximum atomic E-state index is 12.9. The molecule has 0 aromatic rings. The highest BCUT2D eigenvalue weighted by molar-refractivity contribution is 5.71. The average molecular weight is 1110 g/mol. The number of esters is 3. The Hall–Kier alpha value is -4.45. The van der Waals surface area contributed by atoms with Crippen LogP contribution in [0.1, 0.15) is 297 Å². The van der Waals surface area contributed by atoms with Gasteiger partial charge in [-0.3, -0.25) is 14.4 Å². The van der Waals surface area contributed by atoms with Crippen LogP contribution in [-0.4, -0.2) is 37.2 Å². The molecule has 0 N–H and O–H groups in total. The highest BCUT2D eigenvalue weighted by Crippen LogP contribution is 2.15. The van der Waals surface area contributed by atoms with E-state index in [2.05, 4.69) is 154 Å². The van der Waals surface area contributed by atoms with Crippen molar-refractivity contribution in [3.8, 4) is 0 Å². The molecule has 6 nitrogen and oxygen atoms in total. The van der Waals surface area contributed by atoms with Gasteiger partial charge in [-0.1, -0.05) is 270 Å². The smallest absolute Gasteiger partial charge is 0.306 e. The number of hydrogen-bond acceptors (Lipinski definition) is 6. The lowest BCUT2D eigenvalue weighted by Crippen LogP contribution is -2.30. The predicted octanol–water partition coefficient (Wildman–Crippen LogP) is 22.9. The molecule has 0 saturated heterocycles. The van der Waals surface area contributed by atoms with Crippen molar-refractivity contribution in [1.82, 2.24) is 0 Å². The molecule has 0 aromatic carbocycles. The minimum atomic E-state index is -0.797. The van der Waals surface area contributed by atoms with Crippen LogP contribution in [0.3, 0.4) is 0 Å². The van der Waals surface area contributed by atoms with Crippen molar-refractivity contribution in [2.24, 2.45) is 0 Å². The van der Waals surface area contributed by atoms with Gasteiger partial charge >= 0.3 is 17.9 Å². The van der Waals surface area contributed by atoms with Gasteiger partial charge in [-0.2, -0.15) is 0 Å². The van der Waals surface area contributed by atoms with E-state index in [1.165, 1.54) is 109 Å². The summed E-state index contributed by atoms with van der Waals surface area (Å²) in [6.07, 6.45) is 94.6. The second kappa shape index (κ2) is 67.1. The zero-order valence-electron chi connectivity index (χ0n) is 52.0. The van der Waals surface area contributed by atoms with Crippen LogP contribution >= 0.6 is 0 Å². The summed E-state index contributed by atoms with van der Waals surface area (Å²) < 4.78 is 16.9. The minimum Gasteiger partial charge on any atom is -0.462 e. The molecule has 0 amide bonds. The fourth-order valence-corrected chi connectivity index (χ4v) is 8.89. The first-order valence-electron chi connectivity index (χ1n) is 33.2. The van der Waals surface area contributed by atoms with Crippen LogP contribution in [0.25, 0.3) is 0 Å². The number of rotatable bonds is 59. The van der Waals surface area contributed by atoms with Gasteiger partial charge in [0.25, 0.3) is 0 Å². The van der Waals surface area contributed by atoms with Crippen LogP contribution in [0.5, 0.6) is 0 Å². The van der Waals surface area contributed by atoms with Gasteiger partial charge < -0.3 is 14.2 Å². The monoisotopic (exact) mass is 1110 g/mol. The first-order chi connectivity index (χ1) is 39.5. The number of carbonyl (C=O) groups excluding carboxylic acids is 3. The Morgan fingerprint density at radius 3 is 0.775 bits per heavy atom. The lowest BCUT2D eigenvalue weighted by Gasteiger charge is -2.18. The summed E-state index contributed by atoms with van der Waals surface area (Å²) in [5, 5.41) is 0. The number of ether oxygens (including phenoxy) is 3. The number of unbranched alkanes of at least 4 members (excludes halogenated alkanes) is 26. The Bertz CT molecular complexity index is 1700. The van der Waals surface area contributed by atoms with E-state index in [0.717, 1.165) is 148 Å². The second-order valence-corrected chi connectivity index (χ2v) is 21.6. The van der Waals surface area contributed by atoms with Crippen molar-refractivity contribution in [1.29, 1.82) is 0 Å². The molecule has 0 aromatic heterocycles. The standard InChI is InChI=1S/C74H122O6/c1-4-7-10-13-16-19-22-25-27-29-30-31-32-33-34-35-36-37-38-39-40-41-42-43-44-45-47-49-52-55-58-61-64-67-73(76)79-70-71(69-78-72(75)66-63-60-57-54-51-48-24-21-18-15-12-9-6-3)80-74(77)68-65-62-59-56-53-50-46-28-26-23-20-17-14-11-8-5-2/h7,10,16,19-21,23-25,27-28,30-31,33-34,36-37,39-40,42-43,46,71H,4-6,8-9,11-15,17-18,22,26,29,32,35,38,41,44-45,47-70H2,1-3H3/b10-7-,19-16-,23-20-,24-21-,27-25-,31-30-,34-33-,37-36-,40-39-,43-42-,46-28-. The highest BCUT2D eigenvalue weighted by atomic mass is 16.6. The van der Waals surface area contributed by atoms with Gasteiger partial charge in [0, 0.05) is 19.3 Å². The van der Waals surface area contributed by atoms with Crippen molar-refractivity contribution in [3.63, 3.8) is 0 Å². The van der Waals surface area contributed by atoms with Crippen molar-refractivity contribution in [2.75, 3.05) is 13.2 Å². The number of hydrogen-bond donors (Lipinski definition) is 0. The summed E-state index contributed by atoms with van der Waals surface area (Å²) in [6, 6.07) is 0. The molecule has 0 spiro atoms. The molecule has 0 aliphatic rings. The van der Waals surface area contributed by atoms with Crippen LogP contribution in [0.2, 0.25) is 0 Å². The van der Waals surface area contributed by atoms with E-state index in [-0.39, 0.29) is 31.1 Å². The molecular formula is C74H122O6. The average Bonchev–Trinajstić information content (AvgIpc) is 3.46. The van der Waals surface area contributed by atoms with Gasteiger partial charge in [0.05, 0.1) is 0 Å². The second-order valence-electron chi connectivity index (χ2n) is 21.6. The molecule has 0 bridgehead atoms. The number of allylic oxidation sites excluding steroid dienone is 22. The van der Waals surface area contributed by atoms with Gasteiger partial charge in [0.2, 0.25) is 0 Å². The SMILES string of the molecule is CC/C=C\C/C=C\C/C=C\C/C=C\C/C=C\C/C=C\C/C=C\C/C=C\CCCCCCCCCCC(=O)OCC(COC(=O)CCCCCCC/C=C\CCCCCC)OC(=O)CCCCCCC/C=C\C/C=C\CCCCCC. The van der Waals surface area contributed by atoms with Crippen molar-refractivity contribution < 1.29 is 28.6 Å². The summed E-state index contributed by atoms with van der Waals surface area (Å²) in [7, 11) is 0. The van der Waals surface area contributed by atoms with E-state index in [1.807, 2.05) is 0 Å². The normalized spacial score (nSPS) is 13.0. The molecular weight excluding hydrogens is 985 g/mol. The zero-order valence-corrected chi connectivity index (χ0v) is 52.0. The Morgan fingerprint density at radius 1 is 0.263 bits per heavy atom. The maximum absolute atomic E-state index is 12.9. The van der Waals surface area contributed by atoms with Crippen LogP contribution in [0, 0.1) is 0 Å². The fraction of sp³-hybridized carbons (Fsp3) is 0.662. The van der Waals surface area contributed by atoms with Crippen molar-refractivity contribution >= 4 is 17.9 Å². The van der Waals surface area contributed by atoms with Crippen LogP contribution in [0.4, 0.5) is 0 Å². The third-order valence-corrected chi connectivity index (χ3v) is 13.9. The minimum absolute atomic E-state index is 0.0924. The van der Waals surface area contributed by atoms with Gasteiger partial charge in [0.15, 0.2) is 6.10 Å². The summed E-state index contributed by atoms with van der Waals surface area (Å²) in [4.78, 5) is 38.3. The van der Waals surface area contributed by atoms with E-state index < -0.39 is 6.10 Å². The third kappa shape index (κ3) is 64.4. The van der Waals surface area contributed by atoms with E-state index in [4.69, 9.17) is 14.2 Å². The lowest BCUT2D eigenvalue weighted by molar-refractivity contribution is -0.167. The third-order valence-electron chi connectivity index (χ3n) is 13.9. The molecule has 6 heteroatoms. The summed E-state index contributed by atoms with van der Waals surface area (Å²) >= 11 is 0. The van der Waals surface area contributed by atoms with Gasteiger partial charge in [0.1, 0.15) is 13.2 Å². The maximum Gasteiger partial charge on any atom is 0.306 e. The summed E-state index contributed by atoms with van der Waals surface area (Å²) in [6.45, 7) is 6.48. The van der Waals surface area contributed by atoms with Crippen molar-refractivity contribution in [3.05, 3.63) is 134 Å². The molecule has 454 valence electrons. The summed E-state index contributed by atoms with van der Waals surface area (Å²) in [5.74, 6) is -0.920. The summed E-state index contributed by atoms with van der Waals surface area (Å²) in [5.41, 5.74) is 0. The largest absolute Gasteiger partial charge is 0.462 e. The molecule has 0 saturated carbocycles. The first-order valence-corrected chi connectivity index (χ1v) is 33.2. The molecule has 0 rings (SSSR count). The number of carbonyl (C=O) groups is 3. The van der Waals surface area contributed by atoms with Gasteiger partial charge in [-0.05, 0) is 141 Å². The van der Waals surface area contributed by atoms with E-state index in [0.29, 0.717) is 19.3 Å². The molecule has 1 unspecified atom stereocenters. The Labute approximate surface area is 494 Å². The molecule has 0 aliphatic carbocycles. The van der Waals surface area contributed by atoms with E-state index in [1.54, 1.807) is 0 Å². The highest BCUT2D eigenvalue weighted by Gasteiger charge is 2.19. The van der Waals surface area contributed by atoms with Gasteiger partial charge in [-0.25, -0.2) is 0 Å². The first kappa shape index (κ1) is 75.5. The lowest BCUT2D eigenvalue weighted by atomic mass is 10.1.